The molecule has 0 saturated carbocycles. The zero-order chi connectivity index (χ0) is 20.8. The Balaban J connectivity index is 1.61. The standard InChI is InChI=1S/C19H20F2N4O4/c20-18(21)29-17-8-7-15(25(27)28)11-16(17)23-19(26)22-12-13-3-5-14(6-4-13)24-9-1-2-10-24/h3-8,11,18H,1-2,9-10,12H2,(H2,22,23,26). The fraction of sp³-hybridized carbons (Fsp3) is 0.316. The molecule has 2 N–H and O–H groups in total. The number of nitro groups is 1. The van der Waals surface area contributed by atoms with Gasteiger partial charge in [-0.3, -0.25) is 10.1 Å². The normalized spacial score (nSPS) is 13.4. The maximum atomic E-state index is 12.5. The second-order valence-electron chi connectivity index (χ2n) is 6.48. The third-order valence-corrected chi connectivity index (χ3v) is 4.50. The first-order valence-electron chi connectivity index (χ1n) is 9.04. The smallest absolute Gasteiger partial charge is 0.387 e. The first-order valence-corrected chi connectivity index (χ1v) is 9.04. The average Bonchev–Trinajstić information content (AvgIpc) is 3.22. The summed E-state index contributed by atoms with van der Waals surface area (Å²) >= 11 is 0. The Hall–Kier alpha value is -3.43. The average molecular weight is 406 g/mol. The number of amides is 2. The Morgan fingerprint density at radius 2 is 1.86 bits per heavy atom. The van der Waals surface area contributed by atoms with Crippen molar-refractivity contribution in [3.05, 3.63) is 58.1 Å². The highest BCUT2D eigenvalue weighted by atomic mass is 19.3. The van der Waals surface area contributed by atoms with E-state index in [0.29, 0.717) is 0 Å². The van der Waals surface area contributed by atoms with E-state index in [1.165, 1.54) is 12.8 Å². The van der Waals surface area contributed by atoms with Crippen molar-refractivity contribution in [1.82, 2.24) is 5.32 Å². The Labute approximate surface area is 165 Å². The molecule has 1 saturated heterocycles. The minimum Gasteiger partial charge on any atom is -0.433 e. The van der Waals surface area contributed by atoms with Gasteiger partial charge in [0.25, 0.3) is 5.69 Å². The molecule has 154 valence electrons. The molecule has 0 bridgehead atoms. The highest BCUT2D eigenvalue weighted by molar-refractivity contribution is 5.91. The van der Waals surface area contributed by atoms with Crippen LogP contribution in [0.2, 0.25) is 0 Å². The van der Waals surface area contributed by atoms with Gasteiger partial charge in [0.05, 0.1) is 10.6 Å². The molecule has 0 radical (unpaired) electrons. The topological polar surface area (TPSA) is 96.7 Å². The summed E-state index contributed by atoms with van der Waals surface area (Å²) in [6.07, 6.45) is 2.36. The van der Waals surface area contributed by atoms with Crippen LogP contribution in [0.3, 0.4) is 0 Å². The molecule has 1 fully saturated rings. The van der Waals surface area contributed by atoms with E-state index in [2.05, 4.69) is 20.3 Å². The summed E-state index contributed by atoms with van der Waals surface area (Å²) in [4.78, 5) is 24.6. The zero-order valence-corrected chi connectivity index (χ0v) is 15.4. The van der Waals surface area contributed by atoms with Crippen LogP contribution >= 0.6 is 0 Å². The zero-order valence-electron chi connectivity index (χ0n) is 15.4. The van der Waals surface area contributed by atoms with E-state index in [0.717, 1.165) is 42.5 Å². The van der Waals surface area contributed by atoms with Crippen LogP contribution in [-0.4, -0.2) is 30.7 Å². The SMILES string of the molecule is O=C(NCc1ccc(N2CCCC2)cc1)Nc1cc([N+](=O)[O-])ccc1OC(F)F. The molecular formula is C19H20F2N4O4. The van der Waals surface area contributed by atoms with E-state index in [1.807, 2.05) is 24.3 Å². The van der Waals surface area contributed by atoms with Crippen molar-refractivity contribution in [1.29, 1.82) is 0 Å². The first kappa shape index (κ1) is 20.3. The number of nitrogens with zero attached hydrogens (tertiary/aromatic N) is 2. The van der Waals surface area contributed by atoms with Crippen LogP contribution in [0.1, 0.15) is 18.4 Å². The molecule has 0 atom stereocenters. The van der Waals surface area contributed by atoms with E-state index in [-0.39, 0.29) is 23.7 Å². The van der Waals surface area contributed by atoms with E-state index in [9.17, 15) is 23.7 Å². The van der Waals surface area contributed by atoms with E-state index in [4.69, 9.17) is 0 Å². The largest absolute Gasteiger partial charge is 0.433 e. The lowest BCUT2D eigenvalue weighted by molar-refractivity contribution is -0.384. The number of non-ortho nitro benzene ring substituents is 1. The van der Waals surface area contributed by atoms with Gasteiger partial charge in [0.2, 0.25) is 0 Å². The number of halogens is 2. The molecule has 29 heavy (non-hydrogen) atoms. The maximum absolute atomic E-state index is 12.5. The van der Waals surface area contributed by atoms with Gasteiger partial charge >= 0.3 is 12.6 Å². The van der Waals surface area contributed by atoms with E-state index >= 15 is 0 Å². The van der Waals surface area contributed by atoms with Crippen molar-refractivity contribution in [2.75, 3.05) is 23.3 Å². The number of nitrogens with one attached hydrogen (secondary N) is 2. The summed E-state index contributed by atoms with van der Waals surface area (Å²) in [5.41, 5.74) is 1.40. The van der Waals surface area contributed by atoms with Gasteiger partial charge in [-0.2, -0.15) is 8.78 Å². The fourth-order valence-corrected chi connectivity index (χ4v) is 3.08. The molecular weight excluding hydrogens is 386 g/mol. The third kappa shape index (κ3) is 5.53. The maximum Gasteiger partial charge on any atom is 0.387 e. The third-order valence-electron chi connectivity index (χ3n) is 4.50. The summed E-state index contributed by atoms with van der Waals surface area (Å²) < 4.78 is 29.3. The van der Waals surface area contributed by atoms with Crippen molar-refractivity contribution in [2.24, 2.45) is 0 Å². The van der Waals surface area contributed by atoms with Gasteiger partial charge < -0.3 is 20.3 Å². The molecule has 8 nitrogen and oxygen atoms in total. The lowest BCUT2D eigenvalue weighted by Crippen LogP contribution is -2.28. The van der Waals surface area contributed by atoms with E-state index < -0.39 is 17.6 Å². The van der Waals surface area contributed by atoms with Crippen molar-refractivity contribution in [2.45, 2.75) is 26.0 Å². The van der Waals surface area contributed by atoms with Crippen LogP contribution < -0.4 is 20.3 Å². The Morgan fingerprint density at radius 1 is 1.17 bits per heavy atom. The van der Waals surface area contributed by atoms with Crippen molar-refractivity contribution >= 4 is 23.1 Å². The van der Waals surface area contributed by atoms with Crippen LogP contribution in [-0.2, 0) is 6.54 Å². The van der Waals surface area contributed by atoms with Gasteiger partial charge in [0.15, 0.2) is 0 Å². The van der Waals surface area contributed by atoms with Crippen molar-refractivity contribution in [3.63, 3.8) is 0 Å². The Kier molecular flexibility index (Phi) is 6.43. The lowest BCUT2D eigenvalue weighted by Gasteiger charge is -2.17. The Morgan fingerprint density at radius 3 is 2.48 bits per heavy atom. The lowest BCUT2D eigenvalue weighted by atomic mass is 10.2. The number of hydrogen-bond donors (Lipinski definition) is 2. The summed E-state index contributed by atoms with van der Waals surface area (Å²) in [5, 5.41) is 15.8. The highest BCUT2D eigenvalue weighted by Gasteiger charge is 2.17. The number of urea groups is 1. The van der Waals surface area contributed by atoms with Crippen molar-refractivity contribution < 1.29 is 23.2 Å². The second kappa shape index (κ2) is 9.18. The molecule has 10 heteroatoms. The van der Waals surface area contributed by atoms with Gasteiger partial charge in [-0.1, -0.05) is 12.1 Å². The molecule has 1 aliphatic rings. The monoisotopic (exact) mass is 406 g/mol. The minimum absolute atomic E-state index is 0.200. The number of nitro benzene ring substituents is 1. The summed E-state index contributed by atoms with van der Waals surface area (Å²) in [6.45, 7) is -0.862. The number of rotatable bonds is 7. The Bertz CT molecular complexity index is 871. The summed E-state index contributed by atoms with van der Waals surface area (Å²) in [6, 6.07) is 10.0. The molecule has 2 aromatic rings. The number of anilines is 2. The number of carbonyl (C=O) groups excluding carboxylic acids is 1. The van der Waals surface area contributed by atoms with Gasteiger partial charge in [0.1, 0.15) is 5.75 Å². The molecule has 0 unspecified atom stereocenters. The van der Waals surface area contributed by atoms with Crippen LogP contribution in [0.4, 0.5) is 30.6 Å². The first-order chi connectivity index (χ1) is 13.9. The van der Waals surface area contributed by atoms with Gasteiger partial charge in [-0.05, 0) is 36.6 Å². The molecule has 1 heterocycles. The summed E-state index contributed by atoms with van der Waals surface area (Å²) in [5.74, 6) is -0.365. The number of alkyl halides is 2. The molecule has 0 aliphatic carbocycles. The van der Waals surface area contributed by atoms with Crippen LogP contribution in [0.15, 0.2) is 42.5 Å². The second-order valence-corrected chi connectivity index (χ2v) is 6.48. The minimum atomic E-state index is -3.13. The fourth-order valence-electron chi connectivity index (χ4n) is 3.08. The van der Waals surface area contributed by atoms with E-state index in [1.54, 1.807) is 0 Å². The molecule has 3 rings (SSSR count). The molecule has 2 amide bonds. The molecule has 2 aromatic carbocycles. The van der Waals surface area contributed by atoms with Crippen molar-refractivity contribution in [3.8, 4) is 5.75 Å². The summed E-state index contributed by atoms with van der Waals surface area (Å²) in [7, 11) is 0. The predicted octanol–water partition coefficient (Wildman–Crippen LogP) is 4.12. The van der Waals surface area contributed by atoms with Crippen LogP contribution in [0.25, 0.3) is 0 Å². The van der Waals surface area contributed by atoms with Gasteiger partial charge in [-0.15, -0.1) is 0 Å². The number of ether oxygens (including phenoxy) is 1. The molecule has 0 spiro atoms. The predicted molar refractivity (Wildman–Crippen MR) is 103 cm³/mol. The number of hydrogen-bond acceptors (Lipinski definition) is 5. The van der Waals surface area contributed by atoms with Crippen LogP contribution in [0, 0.1) is 10.1 Å². The number of carbonyl (C=O) groups is 1. The molecule has 1 aliphatic heterocycles. The van der Waals surface area contributed by atoms with Gasteiger partial charge in [-0.25, -0.2) is 4.79 Å². The quantitative estimate of drug-likeness (QED) is 0.533. The van der Waals surface area contributed by atoms with Gasteiger partial charge in [0, 0.05) is 37.5 Å². The molecule has 0 aromatic heterocycles. The van der Waals surface area contributed by atoms with Crippen LogP contribution in [0.5, 0.6) is 5.75 Å². The highest BCUT2D eigenvalue weighted by Crippen LogP contribution is 2.30. The number of benzene rings is 2.